The van der Waals surface area contributed by atoms with Gasteiger partial charge in [0.1, 0.15) is 0 Å². The lowest BCUT2D eigenvalue weighted by molar-refractivity contribution is -0.137. The number of alkyl halides is 4. The maximum absolute atomic E-state index is 12.2. The van der Waals surface area contributed by atoms with E-state index in [1.165, 1.54) is 73.0 Å². The summed E-state index contributed by atoms with van der Waals surface area (Å²) < 4.78 is 56.8. The van der Waals surface area contributed by atoms with Gasteiger partial charge < -0.3 is 19.7 Å². The van der Waals surface area contributed by atoms with Crippen molar-refractivity contribution in [2.45, 2.75) is 147 Å². The Hall–Kier alpha value is -5.05. The van der Waals surface area contributed by atoms with E-state index < -0.39 is 31.3 Å². The van der Waals surface area contributed by atoms with E-state index in [1.54, 1.807) is 12.2 Å². The molecule has 0 aromatic carbocycles. The van der Waals surface area contributed by atoms with E-state index in [0.717, 1.165) is 88.4 Å². The number of fused-ring (bicyclic) bond motifs is 2. The molecular formula is C44H54F4N6O5. The van der Waals surface area contributed by atoms with Crippen LogP contribution in [0.25, 0.3) is 6.08 Å². The molecule has 0 bridgehead atoms. The second kappa shape index (κ2) is 24.1. The summed E-state index contributed by atoms with van der Waals surface area (Å²) in [5.41, 5.74) is 8.86. The summed E-state index contributed by atoms with van der Waals surface area (Å²) >= 11 is 0. The minimum atomic E-state index is -2.99. The van der Waals surface area contributed by atoms with Gasteiger partial charge in [0, 0.05) is 53.1 Å². The second-order valence-corrected chi connectivity index (χ2v) is 15.0. The third-order valence-corrected chi connectivity index (χ3v) is 10.5. The molecule has 4 heterocycles. The van der Waals surface area contributed by atoms with Crippen molar-refractivity contribution in [1.29, 1.82) is 0 Å². The van der Waals surface area contributed by atoms with Gasteiger partial charge in [-0.2, -0.15) is 17.6 Å². The van der Waals surface area contributed by atoms with E-state index in [9.17, 15) is 32.6 Å². The number of hydrogen-bond donors (Lipinski definition) is 2. The van der Waals surface area contributed by atoms with E-state index in [0.29, 0.717) is 24.0 Å². The Kier molecular flexibility index (Phi) is 18.4. The van der Waals surface area contributed by atoms with E-state index in [4.69, 9.17) is 9.97 Å². The van der Waals surface area contributed by atoms with Crippen molar-refractivity contribution in [2.24, 2.45) is 0 Å². The highest BCUT2D eigenvalue weighted by molar-refractivity contribution is 5.68. The fourth-order valence-corrected chi connectivity index (χ4v) is 7.39. The summed E-state index contributed by atoms with van der Waals surface area (Å²) in [4.78, 5) is 35.7. The van der Waals surface area contributed by atoms with E-state index >= 15 is 0 Å². The molecule has 15 heteroatoms. The number of aryl methyl sites for hydroxylation is 6. The van der Waals surface area contributed by atoms with Gasteiger partial charge in [-0.1, -0.05) is 50.0 Å². The highest BCUT2D eigenvalue weighted by atomic mass is 19.3. The molecule has 0 aliphatic heterocycles. The summed E-state index contributed by atoms with van der Waals surface area (Å²) in [5.74, 6) is -1.16. The molecule has 2 atom stereocenters. The lowest BCUT2D eigenvalue weighted by Crippen LogP contribution is -2.09. The van der Waals surface area contributed by atoms with Crippen LogP contribution in [0.5, 0.6) is 12.0 Å². The number of aliphatic carboxylic acids is 1. The minimum Gasteiger partial charge on any atom is -0.481 e. The number of hydrogen-bond acceptors (Lipinski definition) is 10. The Balaban J connectivity index is 0.000000225. The smallest absolute Gasteiger partial charge is 0.389 e. The first-order valence-corrected chi connectivity index (χ1v) is 20.7. The summed E-state index contributed by atoms with van der Waals surface area (Å²) in [6.45, 7) is -5.93. The van der Waals surface area contributed by atoms with Crippen LogP contribution in [-0.2, 0) is 43.3 Å². The molecule has 6 rings (SSSR count). The van der Waals surface area contributed by atoms with Crippen LogP contribution in [0.4, 0.5) is 17.6 Å². The highest BCUT2D eigenvalue weighted by Crippen LogP contribution is 2.27. The predicted molar refractivity (Wildman–Crippen MR) is 213 cm³/mol. The first kappa shape index (κ1) is 45.0. The first-order valence-electron chi connectivity index (χ1n) is 20.7. The largest absolute Gasteiger partial charge is 0.481 e. The summed E-state index contributed by atoms with van der Waals surface area (Å²) in [5, 5.41) is 19.3. The van der Waals surface area contributed by atoms with Gasteiger partial charge in [0.2, 0.25) is 0 Å². The number of nitrogens with zero attached hydrogens (tertiary/aromatic N) is 6. The van der Waals surface area contributed by atoms with Crippen LogP contribution in [0.1, 0.15) is 134 Å². The van der Waals surface area contributed by atoms with E-state index in [2.05, 4.69) is 53.7 Å². The number of aromatic nitrogens is 6. The Bertz CT molecular complexity index is 1900. The van der Waals surface area contributed by atoms with Crippen LogP contribution in [-0.4, -0.2) is 65.4 Å². The van der Waals surface area contributed by atoms with E-state index in [1.807, 2.05) is 0 Å². The maximum atomic E-state index is 12.2. The molecule has 11 nitrogen and oxygen atoms in total. The van der Waals surface area contributed by atoms with Crippen molar-refractivity contribution in [2.75, 3.05) is 0 Å². The molecule has 318 valence electrons. The van der Waals surface area contributed by atoms with Crippen molar-refractivity contribution in [3.05, 3.63) is 100 Å². The third-order valence-electron chi connectivity index (χ3n) is 10.5. The molecule has 2 unspecified atom stereocenters. The molecular weight excluding hydrogens is 769 g/mol. The topological polar surface area (TPSA) is 153 Å². The number of aliphatic hydroxyl groups is 1. The van der Waals surface area contributed by atoms with Gasteiger partial charge in [0.25, 0.3) is 0 Å². The van der Waals surface area contributed by atoms with Crippen LogP contribution < -0.4 is 9.47 Å². The zero-order chi connectivity index (χ0) is 41.8. The molecule has 2 aliphatic rings. The average molecular weight is 823 g/mol. The third kappa shape index (κ3) is 16.3. The minimum absolute atomic E-state index is 0.0442. The van der Waals surface area contributed by atoms with Gasteiger partial charge in [-0.25, -0.2) is 19.9 Å². The molecule has 0 fully saturated rings. The van der Waals surface area contributed by atoms with Gasteiger partial charge in [0.15, 0.2) is 0 Å². The monoisotopic (exact) mass is 822 g/mol. The first-order chi connectivity index (χ1) is 28.6. The van der Waals surface area contributed by atoms with E-state index in [-0.39, 0.29) is 18.3 Å². The lowest BCUT2D eigenvalue weighted by Gasteiger charge is -2.16. The summed E-state index contributed by atoms with van der Waals surface area (Å²) in [7, 11) is 0. The summed E-state index contributed by atoms with van der Waals surface area (Å²) in [6, 6.07) is 7.93. The molecule has 0 saturated carbocycles. The van der Waals surface area contributed by atoms with Crippen molar-refractivity contribution in [1.82, 2.24) is 29.9 Å². The number of halogens is 4. The molecule has 2 aliphatic carbocycles. The van der Waals surface area contributed by atoms with Gasteiger partial charge in [-0.15, -0.1) is 0 Å². The maximum Gasteiger partial charge on any atom is 0.389 e. The van der Waals surface area contributed by atoms with Crippen molar-refractivity contribution in [3.8, 4) is 12.0 Å². The molecule has 0 radical (unpaired) electrons. The zero-order valence-electron chi connectivity index (χ0n) is 33.3. The quantitative estimate of drug-likeness (QED) is 0.0611. The van der Waals surface area contributed by atoms with Crippen LogP contribution in [0.15, 0.2) is 55.1 Å². The van der Waals surface area contributed by atoms with Gasteiger partial charge >= 0.3 is 31.2 Å². The SMILES string of the molecule is O=C(O)CC(CCCCCCc1ccc2c(n1)CCCC2)c1cnc(OC(F)F)nc1.OC(/C=C/c1cnc(OC(F)F)nc1)CCCCc1ccc2c(n1)CCCC2. The zero-order valence-corrected chi connectivity index (χ0v) is 33.3. The number of ether oxygens (including phenoxy) is 2. The lowest BCUT2D eigenvalue weighted by atomic mass is 9.92. The molecule has 4 aromatic heterocycles. The Morgan fingerprint density at radius 2 is 1.15 bits per heavy atom. The van der Waals surface area contributed by atoms with Gasteiger partial charge in [0.05, 0.1) is 12.5 Å². The number of carboxylic acid groups (broad SMARTS) is 1. The van der Waals surface area contributed by atoms with Crippen molar-refractivity contribution >= 4 is 12.0 Å². The van der Waals surface area contributed by atoms with Crippen LogP contribution in [0.3, 0.4) is 0 Å². The number of carboxylic acids is 1. The standard InChI is InChI=1S/C23H29F2N3O3.C21H25F2N3O2/c24-22(25)31-23-26-14-18(15-27-23)17(13-21(29)30)8-3-1-2-4-9-19-12-11-16-7-5-6-10-20(16)28-19;22-20(23)28-21-24-13-15(14-25-21)9-12-18(27)7-3-2-6-17-11-10-16-5-1-4-8-19(16)26-17/h11-12,14-15,17,22H,1-10,13H2,(H,29,30);9-14,18,20,27H,1-8H2/b;12-9+. The molecule has 59 heavy (non-hydrogen) atoms. The fraction of sp³-hybridized carbons (Fsp3) is 0.523. The van der Waals surface area contributed by atoms with Crippen LogP contribution in [0, 0.1) is 0 Å². The number of rotatable bonds is 21. The Morgan fingerprint density at radius 3 is 1.69 bits per heavy atom. The second-order valence-electron chi connectivity index (χ2n) is 15.0. The number of carbonyl (C=O) groups is 1. The van der Waals surface area contributed by atoms with Crippen molar-refractivity contribution < 1.29 is 42.0 Å². The molecule has 0 spiro atoms. The predicted octanol–water partition coefficient (Wildman–Crippen LogP) is 9.24. The molecule has 0 amide bonds. The molecule has 0 saturated heterocycles. The normalized spacial score (nSPS) is 14.6. The Labute approximate surface area is 342 Å². The number of aliphatic hydroxyl groups excluding tert-OH is 1. The summed E-state index contributed by atoms with van der Waals surface area (Å²) in [6.07, 6.45) is 26.7. The van der Waals surface area contributed by atoms with Crippen LogP contribution in [0.2, 0.25) is 0 Å². The number of pyridine rings is 2. The highest BCUT2D eigenvalue weighted by Gasteiger charge is 2.18. The van der Waals surface area contributed by atoms with Crippen molar-refractivity contribution in [3.63, 3.8) is 0 Å². The molecule has 2 N–H and O–H groups in total. The van der Waals surface area contributed by atoms with Gasteiger partial charge in [-0.3, -0.25) is 14.8 Å². The fourth-order valence-electron chi connectivity index (χ4n) is 7.39. The number of unbranched alkanes of at least 4 members (excludes halogenated alkanes) is 4. The van der Waals surface area contributed by atoms with Crippen LogP contribution >= 0.6 is 0 Å². The Morgan fingerprint density at radius 1 is 0.661 bits per heavy atom. The molecule has 4 aromatic rings. The average Bonchev–Trinajstić information content (AvgIpc) is 3.23. The van der Waals surface area contributed by atoms with Gasteiger partial charge in [-0.05, 0) is 125 Å².